The number of nitrogens with zero attached hydrogens (tertiary/aromatic N) is 2. The second kappa shape index (κ2) is 4.96. The fourth-order valence-electron chi connectivity index (χ4n) is 3.05. The van der Waals surface area contributed by atoms with Crippen molar-refractivity contribution in [3.05, 3.63) is 18.2 Å². The summed E-state index contributed by atoms with van der Waals surface area (Å²) in [6.45, 7) is 0. The Morgan fingerprint density at radius 2 is 2.26 bits per heavy atom. The van der Waals surface area contributed by atoms with Gasteiger partial charge in [-0.3, -0.25) is 0 Å². The van der Waals surface area contributed by atoms with Gasteiger partial charge in [-0.25, -0.2) is 4.98 Å². The highest BCUT2D eigenvalue weighted by molar-refractivity contribution is 7.99. The molecule has 1 aliphatic carbocycles. The predicted octanol–water partition coefficient (Wildman–Crippen LogP) is 3.08. The molecule has 4 nitrogen and oxygen atoms in total. The molecule has 0 saturated heterocycles. The summed E-state index contributed by atoms with van der Waals surface area (Å²) in [7, 11) is 1.67. The highest BCUT2D eigenvalue weighted by Gasteiger charge is 2.30. The molecule has 1 fully saturated rings. The number of benzene rings is 1. The maximum Gasteiger partial charge on any atom is 0.201 e. The van der Waals surface area contributed by atoms with Crippen molar-refractivity contribution >= 4 is 28.7 Å². The van der Waals surface area contributed by atoms with Gasteiger partial charge in [0.2, 0.25) is 5.95 Å². The number of imidazole rings is 1. The van der Waals surface area contributed by atoms with Crippen molar-refractivity contribution in [1.29, 1.82) is 0 Å². The Labute approximate surface area is 117 Å². The molecule has 3 rings (SSSR count). The van der Waals surface area contributed by atoms with E-state index in [1.54, 1.807) is 7.11 Å². The molecule has 2 N–H and O–H groups in total. The summed E-state index contributed by atoms with van der Waals surface area (Å²) >= 11 is 1.93. The summed E-state index contributed by atoms with van der Waals surface area (Å²) in [6.07, 6.45) is 5.90. The monoisotopic (exact) mass is 277 g/mol. The second-order valence-corrected chi connectivity index (χ2v) is 6.04. The highest BCUT2D eigenvalue weighted by atomic mass is 32.2. The SMILES string of the molecule is COc1ccc2c(c1)nc(N)n2C1CCCC1SC. The minimum atomic E-state index is 0.466. The van der Waals surface area contributed by atoms with Crippen LogP contribution in [0.5, 0.6) is 5.75 Å². The van der Waals surface area contributed by atoms with E-state index in [0.29, 0.717) is 17.2 Å². The van der Waals surface area contributed by atoms with Gasteiger partial charge >= 0.3 is 0 Å². The fourth-order valence-corrected chi connectivity index (χ4v) is 4.02. The van der Waals surface area contributed by atoms with Gasteiger partial charge in [0.25, 0.3) is 0 Å². The van der Waals surface area contributed by atoms with Crippen LogP contribution >= 0.6 is 11.8 Å². The van der Waals surface area contributed by atoms with Gasteiger partial charge < -0.3 is 15.0 Å². The molecule has 5 heteroatoms. The zero-order valence-corrected chi connectivity index (χ0v) is 12.1. The van der Waals surface area contributed by atoms with Crippen molar-refractivity contribution in [3.8, 4) is 5.75 Å². The number of thioether (sulfide) groups is 1. The number of nitrogen functional groups attached to an aromatic ring is 1. The fraction of sp³-hybridized carbons (Fsp3) is 0.500. The summed E-state index contributed by atoms with van der Waals surface area (Å²) < 4.78 is 7.46. The Bertz CT molecular complexity index is 596. The molecule has 1 aromatic heterocycles. The Hall–Kier alpha value is -1.36. The first kappa shape index (κ1) is 12.7. The van der Waals surface area contributed by atoms with E-state index >= 15 is 0 Å². The van der Waals surface area contributed by atoms with Crippen LogP contribution in [0.4, 0.5) is 5.95 Å². The average molecular weight is 277 g/mol. The van der Waals surface area contributed by atoms with E-state index in [-0.39, 0.29) is 0 Å². The van der Waals surface area contributed by atoms with Crippen LogP contribution in [-0.2, 0) is 0 Å². The predicted molar refractivity (Wildman–Crippen MR) is 80.9 cm³/mol. The zero-order valence-electron chi connectivity index (χ0n) is 11.3. The Balaban J connectivity index is 2.10. The van der Waals surface area contributed by atoms with Crippen LogP contribution in [0, 0.1) is 0 Å². The summed E-state index contributed by atoms with van der Waals surface area (Å²) in [5.41, 5.74) is 8.18. The minimum absolute atomic E-state index is 0.466. The van der Waals surface area contributed by atoms with E-state index in [4.69, 9.17) is 10.5 Å². The van der Waals surface area contributed by atoms with Crippen molar-refractivity contribution in [3.63, 3.8) is 0 Å². The molecule has 1 heterocycles. The molecule has 1 aliphatic rings. The van der Waals surface area contributed by atoms with Crippen molar-refractivity contribution < 1.29 is 4.74 Å². The van der Waals surface area contributed by atoms with E-state index in [0.717, 1.165) is 16.8 Å². The van der Waals surface area contributed by atoms with Gasteiger partial charge in [0.15, 0.2) is 0 Å². The first-order valence-corrected chi connectivity index (χ1v) is 7.87. The van der Waals surface area contributed by atoms with Crippen molar-refractivity contribution in [2.75, 3.05) is 19.1 Å². The quantitative estimate of drug-likeness (QED) is 0.936. The zero-order chi connectivity index (χ0) is 13.4. The lowest BCUT2D eigenvalue weighted by Gasteiger charge is -2.21. The van der Waals surface area contributed by atoms with E-state index in [2.05, 4.69) is 21.9 Å². The van der Waals surface area contributed by atoms with E-state index in [1.165, 1.54) is 19.3 Å². The molecule has 2 unspecified atom stereocenters. The number of methoxy groups -OCH3 is 1. The minimum Gasteiger partial charge on any atom is -0.497 e. The maximum absolute atomic E-state index is 6.14. The first-order valence-electron chi connectivity index (χ1n) is 6.59. The summed E-state index contributed by atoms with van der Waals surface area (Å²) in [5.74, 6) is 1.44. The number of ether oxygens (including phenoxy) is 1. The largest absolute Gasteiger partial charge is 0.497 e. The molecular weight excluding hydrogens is 258 g/mol. The van der Waals surface area contributed by atoms with E-state index in [1.807, 2.05) is 23.9 Å². The maximum atomic E-state index is 6.14. The number of rotatable bonds is 3. The van der Waals surface area contributed by atoms with Crippen LogP contribution in [0.1, 0.15) is 25.3 Å². The third kappa shape index (κ3) is 2.06. The standard InChI is InChI=1S/C14H19N3OS/c1-18-9-6-7-11-10(8-9)16-14(15)17(11)12-4-3-5-13(12)19-2/h6-8,12-13H,3-5H2,1-2H3,(H2,15,16). The first-order chi connectivity index (χ1) is 9.24. The lowest BCUT2D eigenvalue weighted by Crippen LogP contribution is -2.17. The van der Waals surface area contributed by atoms with Crippen LogP contribution in [0.2, 0.25) is 0 Å². The van der Waals surface area contributed by atoms with Crippen LogP contribution in [0.25, 0.3) is 11.0 Å². The average Bonchev–Trinajstić information content (AvgIpc) is 2.99. The van der Waals surface area contributed by atoms with Crippen LogP contribution < -0.4 is 10.5 Å². The smallest absolute Gasteiger partial charge is 0.201 e. The van der Waals surface area contributed by atoms with Gasteiger partial charge in [-0.15, -0.1) is 0 Å². The van der Waals surface area contributed by atoms with E-state index in [9.17, 15) is 0 Å². The number of hydrogen-bond donors (Lipinski definition) is 1. The van der Waals surface area contributed by atoms with Gasteiger partial charge in [0, 0.05) is 17.4 Å². The summed E-state index contributed by atoms with van der Waals surface area (Å²) in [5, 5.41) is 0.641. The van der Waals surface area contributed by atoms with Gasteiger partial charge in [-0.1, -0.05) is 6.42 Å². The molecule has 1 saturated carbocycles. The van der Waals surface area contributed by atoms with Crippen LogP contribution in [0.15, 0.2) is 18.2 Å². The highest BCUT2D eigenvalue weighted by Crippen LogP contribution is 2.40. The lowest BCUT2D eigenvalue weighted by atomic mass is 10.2. The molecule has 0 amide bonds. The Kier molecular flexibility index (Phi) is 3.31. The third-order valence-electron chi connectivity index (χ3n) is 3.98. The van der Waals surface area contributed by atoms with Crippen molar-refractivity contribution in [2.45, 2.75) is 30.6 Å². The number of fused-ring (bicyclic) bond motifs is 1. The Morgan fingerprint density at radius 1 is 1.42 bits per heavy atom. The molecule has 0 aliphatic heterocycles. The van der Waals surface area contributed by atoms with Crippen molar-refractivity contribution in [1.82, 2.24) is 9.55 Å². The molecule has 102 valence electrons. The van der Waals surface area contributed by atoms with Gasteiger partial charge in [0.05, 0.1) is 18.1 Å². The van der Waals surface area contributed by atoms with Crippen molar-refractivity contribution in [2.24, 2.45) is 0 Å². The third-order valence-corrected chi connectivity index (χ3v) is 5.13. The summed E-state index contributed by atoms with van der Waals surface area (Å²) in [6, 6.07) is 6.45. The topological polar surface area (TPSA) is 53.1 Å². The molecular formula is C14H19N3OS. The normalized spacial score (nSPS) is 23.1. The second-order valence-electron chi connectivity index (χ2n) is 4.97. The van der Waals surface area contributed by atoms with Gasteiger partial charge in [-0.05, 0) is 31.2 Å². The molecule has 19 heavy (non-hydrogen) atoms. The molecule has 0 bridgehead atoms. The molecule has 2 aromatic rings. The van der Waals surface area contributed by atoms with Crippen LogP contribution in [-0.4, -0.2) is 28.2 Å². The van der Waals surface area contributed by atoms with Gasteiger partial charge in [0.1, 0.15) is 5.75 Å². The molecule has 1 aromatic carbocycles. The van der Waals surface area contributed by atoms with E-state index < -0.39 is 0 Å². The lowest BCUT2D eigenvalue weighted by molar-refractivity contribution is 0.415. The van der Waals surface area contributed by atoms with Crippen LogP contribution in [0.3, 0.4) is 0 Å². The molecule has 0 spiro atoms. The summed E-state index contributed by atoms with van der Waals surface area (Å²) in [4.78, 5) is 4.49. The number of anilines is 1. The number of nitrogens with two attached hydrogens (primary N) is 1. The Morgan fingerprint density at radius 3 is 3.00 bits per heavy atom. The number of hydrogen-bond acceptors (Lipinski definition) is 4. The molecule has 0 radical (unpaired) electrons. The molecule has 2 atom stereocenters. The number of aromatic nitrogens is 2. The van der Waals surface area contributed by atoms with Gasteiger partial charge in [-0.2, -0.15) is 11.8 Å².